The zero-order valence-electron chi connectivity index (χ0n) is 10.4. The standard InChI is InChI=1S/C12H23NOSi/c1-11-6-7-13(12(11)2)10-14-8-9-15(3,4)5/h6-7,12H,1,8-10H2,2-5H3. The van der Waals surface area contributed by atoms with Crippen LogP contribution in [0, 0.1) is 0 Å². The van der Waals surface area contributed by atoms with Gasteiger partial charge in [0.2, 0.25) is 0 Å². The van der Waals surface area contributed by atoms with E-state index in [-0.39, 0.29) is 0 Å². The Balaban J connectivity index is 2.17. The van der Waals surface area contributed by atoms with Crippen LogP contribution in [-0.4, -0.2) is 32.4 Å². The molecule has 1 rings (SSSR count). The molecule has 0 saturated carbocycles. The molecule has 86 valence electrons. The van der Waals surface area contributed by atoms with Crippen LogP contribution in [0.1, 0.15) is 6.92 Å². The van der Waals surface area contributed by atoms with E-state index < -0.39 is 8.07 Å². The molecule has 0 radical (unpaired) electrons. The fourth-order valence-corrected chi connectivity index (χ4v) is 2.13. The first-order chi connectivity index (χ1) is 6.90. The predicted molar refractivity (Wildman–Crippen MR) is 68.6 cm³/mol. The van der Waals surface area contributed by atoms with Gasteiger partial charge in [0.25, 0.3) is 0 Å². The van der Waals surface area contributed by atoms with Crippen LogP contribution < -0.4 is 0 Å². The van der Waals surface area contributed by atoms with E-state index in [4.69, 9.17) is 4.74 Å². The molecule has 15 heavy (non-hydrogen) atoms. The Bertz CT molecular complexity index is 255. The quantitative estimate of drug-likeness (QED) is 0.527. The zero-order chi connectivity index (χ0) is 11.5. The third-order valence-electron chi connectivity index (χ3n) is 2.75. The predicted octanol–water partition coefficient (Wildman–Crippen LogP) is 3.07. The maximum Gasteiger partial charge on any atom is 0.118 e. The molecule has 0 fully saturated rings. The van der Waals surface area contributed by atoms with Crippen molar-refractivity contribution in [1.82, 2.24) is 4.90 Å². The zero-order valence-corrected chi connectivity index (χ0v) is 11.4. The highest BCUT2D eigenvalue weighted by atomic mass is 28.3. The van der Waals surface area contributed by atoms with Gasteiger partial charge in [-0.3, -0.25) is 0 Å². The molecule has 1 atom stereocenters. The minimum atomic E-state index is -0.944. The van der Waals surface area contributed by atoms with Crippen molar-refractivity contribution in [2.75, 3.05) is 13.3 Å². The van der Waals surface area contributed by atoms with Crippen molar-refractivity contribution in [3.63, 3.8) is 0 Å². The highest BCUT2D eigenvalue weighted by molar-refractivity contribution is 6.76. The van der Waals surface area contributed by atoms with E-state index >= 15 is 0 Å². The van der Waals surface area contributed by atoms with E-state index in [1.165, 1.54) is 11.6 Å². The molecule has 0 aromatic carbocycles. The van der Waals surface area contributed by atoms with Crippen molar-refractivity contribution < 1.29 is 4.74 Å². The molecular weight excluding hydrogens is 202 g/mol. The molecular formula is C12H23NOSi. The summed E-state index contributed by atoms with van der Waals surface area (Å²) in [6.45, 7) is 14.8. The Morgan fingerprint density at radius 2 is 2.13 bits per heavy atom. The van der Waals surface area contributed by atoms with Crippen LogP contribution in [0.4, 0.5) is 0 Å². The average Bonchev–Trinajstić information content (AvgIpc) is 2.42. The number of hydrogen-bond acceptors (Lipinski definition) is 2. The third-order valence-corrected chi connectivity index (χ3v) is 4.46. The number of nitrogens with zero attached hydrogens (tertiary/aromatic N) is 1. The monoisotopic (exact) mass is 225 g/mol. The van der Waals surface area contributed by atoms with Crippen molar-refractivity contribution in [2.45, 2.75) is 38.7 Å². The second kappa shape index (κ2) is 4.99. The maximum atomic E-state index is 5.68. The van der Waals surface area contributed by atoms with Crippen LogP contribution in [0.2, 0.25) is 25.7 Å². The van der Waals surface area contributed by atoms with Crippen LogP contribution >= 0.6 is 0 Å². The Kier molecular flexibility index (Phi) is 4.17. The van der Waals surface area contributed by atoms with Gasteiger partial charge >= 0.3 is 0 Å². The van der Waals surface area contributed by atoms with Crippen LogP contribution in [0.15, 0.2) is 24.4 Å². The Hall–Kier alpha value is -0.543. The Morgan fingerprint density at radius 3 is 2.60 bits per heavy atom. The summed E-state index contributed by atoms with van der Waals surface area (Å²) >= 11 is 0. The van der Waals surface area contributed by atoms with Gasteiger partial charge in [0.1, 0.15) is 6.73 Å². The molecule has 1 unspecified atom stereocenters. The molecule has 0 saturated heterocycles. The van der Waals surface area contributed by atoms with Crippen molar-refractivity contribution >= 4 is 8.07 Å². The van der Waals surface area contributed by atoms with Crippen LogP contribution in [0.5, 0.6) is 0 Å². The Morgan fingerprint density at radius 1 is 1.47 bits per heavy atom. The van der Waals surface area contributed by atoms with Gasteiger partial charge in [-0.05, 0) is 24.6 Å². The first-order valence-electron chi connectivity index (χ1n) is 5.61. The first kappa shape index (κ1) is 12.5. The van der Waals surface area contributed by atoms with Crippen molar-refractivity contribution in [3.8, 4) is 0 Å². The highest BCUT2D eigenvalue weighted by Crippen LogP contribution is 2.18. The van der Waals surface area contributed by atoms with Gasteiger partial charge in [-0.25, -0.2) is 0 Å². The molecule has 1 aliphatic rings. The summed E-state index contributed by atoms with van der Waals surface area (Å²) in [6, 6.07) is 1.64. The van der Waals surface area contributed by atoms with Gasteiger partial charge in [-0.2, -0.15) is 0 Å². The lowest BCUT2D eigenvalue weighted by molar-refractivity contribution is 0.0550. The lowest BCUT2D eigenvalue weighted by Gasteiger charge is -2.23. The lowest BCUT2D eigenvalue weighted by Crippen LogP contribution is -2.29. The minimum absolute atomic E-state index is 0.400. The summed E-state index contributed by atoms with van der Waals surface area (Å²) < 4.78 is 5.68. The summed E-state index contributed by atoms with van der Waals surface area (Å²) in [4.78, 5) is 2.19. The normalized spacial score (nSPS) is 21.5. The van der Waals surface area contributed by atoms with Crippen molar-refractivity contribution in [2.24, 2.45) is 0 Å². The van der Waals surface area contributed by atoms with Gasteiger partial charge in [-0.1, -0.05) is 26.2 Å². The smallest absolute Gasteiger partial charge is 0.118 e. The molecule has 0 aromatic heterocycles. The maximum absolute atomic E-state index is 5.68. The van der Waals surface area contributed by atoms with Crippen LogP contribution in [0.3, 0.4) is 0 Å². The summed E-state index contributed by atoms with van der Waals surface area (Å²) in [6.07, 6.45) is 4.13. The summed E-state index contributed by atoms with van der Waals surface area (Å²) in [5.41, 5.74) is 1.17. The van der Waals surface area contributed by atoms with Gasteiger partial charge < -0.3 is 9.64 Å². The third kappa shape index (κ3) is 4.22. The lowest BCUT2D eigenvalue weighted by atomic mass is 10.2. The molecule has 2 nitrogen and oxygen atoms in total. The summed E-state index contributed by atoms with van der Waals surface area (Å²) in [5, 5.41) is 0. The molecule has 1 aliphatic heterocycles. The highest BCUT2D eigenvalue weighted by Gasteiger charge is 2.17. The van der Waals surface area contributed by atoms with Crippen LogP contribution in [0.25, 0.3) is 0 Å². The molecule has 0 amide bonds. The average molecular weight is 225 g/mol. The first-order valence-corrected chi connectivity index (χ1v) is 9.31. The largest absolute Gasteiger partial charge is 0.361 e. The molecule has 1 heterocycles. The second-order valence-electron chi connectivity index (χ2n) is 5.43. The van der Waals surface area contributed by atoms with Gasteiger partial charge in [0, 0.05) is 20.9 Å². The SMILES string of the molecule is C=C1C=CN(COCC[Si](C)(C)C)C1C. The topological polar surface area (TPSA) is 12.5 Å². The van der Waals surface area contributed by atoms with E-state index in [2.05, 4.69) is 50.3 Å². The van der Waals surface area contributed by atoms with E-state index in [0.29, 0.717) is 12.8 Å². The number of ether oxygens (including phenoxy) is 1. The fourth-order valence-electron chi connectivity index (χ4n) is 1.38. The number of hydrogen-bond donors (Lipinski definition) is 0. The molecule has 0 spiro atoms. The Labute approximate surface area is 94.6 Å². The van der Waals surface area contributed by atoms with Crippen LogP contribution in [-0.2, 0) is 4.74 Å². The molecule has 0 N–H and O–H groups in total. The summed E-state index contributed by atoms with van der Waals surface area (Å²) in [7, 11) is -0.944. The molecule has 3 heteroatoms. The minimum Gasteiger partial charge on any atom is -0.361 e. The molecule has 0 aromatic rings. The van der Waals surface area contributed by atoms with Gasteiger partial charge in [0.05, 0.1) is 6.04 Å². The second-order valence-corrected chi connectivity index (χ2v) is 11.1. The van der Waals surface area contributed by atoms with Gasteiger partial charge in [0.15, 0.2) is 0 Å². The van der Waals surface area contributed by atoms with Crippen molar-refractivity contribution in [1.29, 1.82) is 0 Å². The van der Waals surface area contributed by atoms with Gasteiger partial charge in [-0.15, -0.1) is 0 Å². The van der Waals surface area contributed by atoms with E-state index in [0.717, 1.165) is 6.61 Å². The van der Waals surface area contributed by atoms with E-state index in [1.54, 1.807) is 0 Å². The van der Waals surface area contributed by atoms with Crippen molar-refractivity contribution in [3.05, 3.63) is 24.4 Å². The molecule has 0 aliphatic carbocycles. The molecule has 0 bridgehead atoms. The van der Waals surface area contributed by atoms with E-state index in [1.807, 2.05) is 0 Å². The van der Waals surface area contributed by atoms with E-state index in [9.17, 15) is 0 Å². The number of rotatable bonds is 5. The fraction of sp³-hybridized carbons (Fsp3) is 0.667. The summed E-state index contributed by atoms with van der Waals surface area (Å²) in [5.74, 6) is 0.